The Balaban J connectivity index is 2.76. The van der Waals surface area contributed by atoms with Crippen molar-refractivity contribution >= 4 is 5.82 Å². The van der Waals surface area contributed by atoms with Gasteiger partial charge in [-0.25, -0.2) is 10.8 Å². The molecule has 0 saturated carbocycles. The monoisotopic (exact) mass is 212 g/mol. The highest BCUT2D eigenvalue weighted by molar-refractivity contribution is 5.34. The van der Waals surface area contributed by atoms with Crippen molar-refractivity contribution in [3.05, 3.63) is 23.9 Å². The van der Waals surface area contributed by atoms with Gasteiger partial charge in [-0.05, 0) is 25.1 Å². The SMILES string of the molecule is NCCC(O)C(O)c1cccc(NN)n1. The van der Waals surface area contributed by atoms with Crippen LogP contribution in [0, 0.1) is 0 Å². The molecule has 1 aromatic heterocycles. The van der Waals surface area contributed by atoms with Gasteiger partial charge in [0.1, 0.15) is 11.9 Å². The number of nitrogens with one attached hydrogen (secondary N) is 1. The molecule has 7 N–H and O–H groups in total. The van der Waals surface area contributed by atoms with E-state index in [1.165, 1.54) is 0 Å². The summed E-state index contributed by atoms with van der Waals surface area (Å²) in [4.78, 5) is 4.01. The van der Waals surface area contributed by atoms with Gasteiger partial charge in [0.15, 0.2) is 0 Å². The summed E-state index contributed by atoms with van der Waals surface area (Å²) in [6.07, 6.45) is -1.62. The van der Waals surface area contributed by atoms with Gasteiger partial charge in [0.05, 0.1) is 11.8 Å². The fourth-order valence-electron chi connectivity index (χ4n) is 1.22. The van der Waals surface area contributed by atoms with E-state index < -0.39 is 12.2 Å². The number of hydrogen-bond acceptors (Lipinski definition) is 6. The number of nitrogen functional groups attached to an aromatic ring is 1. The van der Waals surface area contributed by atoms with Crippen LogP contribution in [-0.4, -0.2) is 27.8 Å². The average molecular weight is 212 g/mol. The number of aliphatic hydroxyl groups excluding tert-OH is 2. The van der Waals surface area contributed by atoms with Gasteiger partial charge in [-0.1, -0.05) is 6.07 Å². The summed E-state index contributed by atoms with van der Waals surface area (Å²) >= 11 is 0. The molecule has 0 fully saturated rings. The molecule has 1 aromatic rings. The molecule has 0 radical (unpaired) electrons. The molecule has 1 heterocycles. The zero-order valence-corrected chi connectivity index (χ0v) is 8.30. The van der Waals surface area contributed by atoms with Gasteiger partial charge in [0.2, 0.25) is 0 Å². The Kier molecular flexibility index (Phi) is 4.44. The highest BCUT2D eigenvalue weighted by Crippen LogP contribution is 2.17. The first-order valence-corrected chi connectivity index (χ1v) is 4.68. The van der Waals surface area contributed by atoms with Crippen molar-refractivity contribution < 1.29 is 10.2 Å². The normalized spacial score (nSPS) is 14.7. The van der Waals surface area contributed by atoms with E-state index in [0.717, 1.165) is 0 Å². The standard InChI is InChI=1S/C9H16N4O2/c10-5-4-7(14)9(15)6-2-1-3-8(12-6)13-11/h1-3,7,9,14-15H,4-5,10-11H2,(H,12,13). The molecule has 6 nitrogen and oxygen atoms in total. The highest BCUT2D eigenvalue weighted by Gasteiger charge is 2.18. The second-order valence-corrected chi connectivity index (χ2v) is 3.18. The molecule has 15 heavy (non-hydrogen) atoms. The summed E-state index contributed by atoms with van der Waals surface area (Å²) in [6.45, 7) is 0.313. The second kappa shape index (κ2) is 5.62. The maximum absolute atomic E-state index is 9.70. The first-order valence-electron chi connectivity index (χ1n) is 4.68. The van der Waals surface area contributed by atoms with Crippen LogP contribution in [0.2, 0.25) is 0 Å². The quantitative estimate of drug-likeness (QED) is 0.319. The third-order valence-electron chi connectivity index (χ3n) is 2.05. The van der Waals surface area contributed by atoms with Gasteiger partial charge in [0.25, 0.3) is 0 Å². The minimum atomic E-state index is -1.04. The van der Waals surface area contributed by atoms with Gasteiger partial charge < -0.3 is 21.4 Å². The summed E-state index contributed by atoms with van der Waals surface area (Å²) in [5.41, 5.74) is 8.01. The van der Waals surface area contributed by atoms with Crippen LogP contribution in [0.5, 0.6) is 0 Å². The number of rotatable bonds is 5. The third-order valence-corrected chi connectivity index (χ3v) is 2.05. The Hall–Kier alpha value is -1.21. The van der Waals surface area contributed by atoms with E-state index in [0.29, 0.717) is 24.5 Å². The summed E-state index contributed by atoms with van der Waals surface area (Å²) in [5, 5.41) is 19.2. The van der Waals surface area contributed by atoms with Crippen molar-refractivity contribution in [3.63, 3.8) is 0 Å². The maximum atomic E-state index is 9.70. The molecule has 2 atom stereocenters. The summed E-state index contributed by atoms with van der Waals surface area (Å²) in [5.74, 6) is 5.61. The van der Waals surface area contributed by atoms with Crippen LogP contribution >= 0.6 is 0 Å². The number of pyridine rings is 1. The van der Waals surface area contributed by atoms with Crippen molar-refractivity contribution in [2.75, 3.05) is 12.0 Å². The van der Waals surface area contributed by atoms with Crippen LogP contribution in [0.1, 0.15) is 18.2 Å². The minimum absolute atomic E-state index is 0.313. The molecule has 84 valence electrons. The molecule has 0 saturated heterocycles. The molecular weight excluding hydrogens is 196 g/mol. The Morgan fingerprint density at radius 1 is 1.40 bits per heavy atom. The second-order valence-electron chi connectivity index (χ2n) is 3.18. The van der Waals surface area contributed by atoms with Gasteiger partial charge in [-0.3, -0.25) is 0 Å². The highest BCUT2D eigenvalue weighted by atomic mass is 16.3. The predicted octanol–water partition coefficient (Wildman–Crippen LogP) is -0.890. The van der Waals surface area contributed by atoms with Crippen molar-refractivity contribution in [2.24, 2.45) is 11.6 Å². The largest absolute Gasteiger partial charge is 0.390 e. The van der Waals surface area contributed by atoms with Gasteiger partial charge >= 0.3 is 0 Å². The molecule has 0 aliphatic heterocycles. The van der Waals surface area contributed by atoms with E-state index in [1.54, 1.807) is 18.2 Å². The van der Waals surface area contributed by atoms with E-state index in [4.69, 9.17) is 11.6 Å². The van der Waals surface area contributed by atoms with Crippen LogP contribution in [0.4, 0.5) is 5.82 Å². The number of anilines is 1. The van der Waals surface area contributed by atoms with Gasteiger partial charge in [-0.2, -0.15) is 0 Å². The first-order chi connectivity index (χ1) is 7.19. The zero-order valence-electron chi connectivity index (χ0n) is 8.30. The number of nitrogens with zero attached hydrogens (tertiary/aromatic N) is 1. The number of hydrogen-bond donors (Lipinski definition) is 5. The topological polar surface area (TPSA) is 117 Å². The van der Waals surface area contributed by atoms with Crippen LogP contribution in [0.3, 0.4) is 0 Å². The lowest BCUT2D eigenvalue weighted by Crippen LogP contribution is -2.23. The van der Waals surface area contributed by atoms with E-state index >= 15 is 0 Å². The number of hydrazine groups is 1. The van der Waals surface area contributed by atoms with Crippen LogP contribution in [0.15, 0.2) is 18.2 Å². The van der Waals surface area contributed by atoms with E-state index in [1.807, 2.05) is 0 Å². The fraction of sp³-hybridized carbons (Fsp3) is 0.444. The summed E-state index contributed by atoms with van der Waals surface area (Å²) in [6, 6.07) is 4.96. The van der Waals surface area contributed by atoms with Crippen molar-refractivity contribution in [3.8, 4) is 0 Å². The van der Waals surface area contributed by atoms with Crippen molar-refractivity contribution in [1.82, 2.24) is 4.98 Å². The molecule has 0 spiro atoms. The average Bonchev–Trinajstić information content (AvgIpc) is 2.28. The Bertz CT molecular complexity index is 308. The van der Waals surface area contributed by atoms with Crippen LogP contribution in [0.25, 0.3) is 0 Å². The molecule has 1 rings (SSSR count). The minimum Gasteiger partial charge on any atom is -0.390 e. The molecule has 0 amide bonds. The molecule has 2 unspecified atom stereocenters. The fourth-order valence-corrected chi connectivity index (χ4v) is 1.22. The van der Waals surface area contributed by atoms with Crippen molar-refractivity contribution in [2.45, 2.75) is 18.6 Å². The molecule has 0 aliphatic rings. The molecule has 0 aliphatic carbocycles. The number of aliphatic hydroxyl groups is 2. The first kappa shape index (κ1) is 11.9. The molecule has 0 aromatic carbocycles. The Morgan fingerprint density at radius 3 is 2.73 bits per heavy atom. The van der Waals surface area contributed by atoms with E-state index in [9.17, 15) is 10.2 Å². The Labute approximate surface area is 87.9 Å². The van der Waals surface area contributed by atoms with E-state index in [-0.39, 0.29) is 0 Å². The number of aromatic nitrogens is 1. The number of nitrogens with two attached hydrogens (primary N) is 2. The zero-order chi connectivity index (χ0) is 11.3. The third kappa shape index (κ3) is 3.14. The van der Waals surface area contributed by atoms with E-state index in [2.05, 4.69) is 10.4 Å². The van der Waals surface area contributed by atoms with Crippen molar-refractivity contribution in [1.29, 1.82) is 0 Å². The summed E-state index contributed by atoms with van der Waals surface area (Å²) in [7, 11) is 0. The predicted molar refractivity (Wildman–Crippen MR) is 56.7 cm³/mol. The van der Waals surface area contributed by atoms with Crippen LogP contribution in [-0.2, 0) is 0 Å². The van der Waals surface area contributed by atoms with Gasteiger partial charge in [0, 0.05) is 0 Å². The maximum Gasteiger partial charge on any atom is 0.140 e. The molecular formula is C9H16N4O2. The summed E-state index contributed by atoms with van der Waals surface area (Å²) < 4.78 is 0. The smallest absolute Gasteiger partial charge is 0.140 e. The molecule has 0 bridgehead atoms. The van der Waals surface area contributed by atoms with Crippen LogP contribution < -0.4 is 17.0 Å². The lowest BCUT2D eigenvalue weighted by molar-refractivity contribution is 0.0126. The van der Waals surface area contributed by atoms with Gasteiger partial charge in [-0.15, -0.1) is 0 Å². The molecule has 6 heteroatoms. The lowest BCUT2D eigenvalue weighted by atomic mass is 10.1. The lowest BCUT2D eigenvalue weighted by Gasteiger charge is -2.16. The Morgan fingerprint density at radius 2 is 2.13 bits per heavy atom.